The minimum atomic E-state index is -3.91. The van der Waals surface area contributed by atoms with Crippen LogP contribution in [-0.2, 0) is 24.3 Å². The largest absolute Gasteiger partial charge is 0.378 e. The number of amides is 2. The van der Waals surface area contributed by atoms with Gasteiger partial charge in [-0.05, 0) is 37.8 Å². The highest BCUT2D eigenvalue weighted by Gasteiger charge is 2.37. The van der Waals surface area contributed by atoms with E-state index in [0.29, 0.717) is 65.1 Å². The van der Waals surface area contributed by atoms with E-state index in [4.69, 9.17) is 4.74 Å². The lowest BCUT2D eigenvalue weighted by molar-refractivity contribution is -0.145. The molecule has 3 aliphatic heterocycles. The van der Waals surface area contributed by atoms with E-state index < -0.39 is 15.8 Å². The zero-order valence-corrected chi connectivity index (χ0v) is 18.9. The first-order valence-corrected chi connectivity index (χ1v) is 12.7. The fourth-order valence-electron chi connectivity index (χ4n) is 4.78. The zero-order valence-electron chi connectivity index (χ0n) is 18.1. The highest BCUT2D eigenvalue weighted by atomic mass is 32.2. The Hall–Kier alpha value is -2.04. The molecule has 0 saturated carbocycles. The molecule has 32 heavy (non-hydrogen) atoms. The third-order valence-corrected chi connectivity index (χ3v) is 8.67. The number of carbonyl (C=O) groups is 2. The Labute approximate surface area is 188 Å². The van der Waals surface area contributed by atoms with Crippen molar-refractivity contribution >= 4 is 21.8 Å². The lowest BCUT2D eigenvalue weighted by Crippen LogP contribution is -2.49. The molecule has 1 aromatic rings. The molecule has 0 aliphatic carbocycles. The molecule has 0 atom stereocenters. The van der Waals surface area contributed by atoms with Gasteiger partial charge in [0.2, 0.25) is 21.8 Å². The first-order valence-electron chi connectivity index (χ1n) is 11.3. The summed E-state index contributed by atoms with van der Waals surface area (Å²) in [6.07, 6.45) is 2.14. The van der Waals surface area contributed by atoms with Crippen LogP contribution < -0.4 is 0 Å². The highest BCUT2D eigenvalue weighted by molar-refractivity contribution is 7.89. The van der Waals surface area contributed by atoms with Crippen molar-refractivity contribution in [3.05, 3.63) is 30.1 Å². The first kappa shape index (κ1) is 23.1. The Kier molecular flexibility index (Phi) is 7.11. The van der Waals surface area contributed by atoms with Crippen molar-refractivity contribution in [2.24, 2.45) is 11.8 Å². The maximum Gasteiger partial charge on any atom is 0.245 e. The number of sulfonamides is 1. The number of nitrogens with zero attached hydrogens (tertiary/aromatic N) is 3. The Morgan fingerprint density at radius 2 is 1.31 bits per heavy atom. The van der Waals surface area contributed by atoms with Gasteiger partial charge in [0.25, 0.3) is 0 Å². The number of halogens is 1. The Morgan fingerprint density at radius 3 is 1.88 bits per heavy atom. The van der Waals surface area contributed by atoms with Crippen LogP contribution in [0.15, 0.2) is 29.2 Å². The summed E-state index contributed by atoms with van der Waals surface area (Å²) < 4.78 is 46.1. The second kappa shape index (κ2) is 9.84. The van der Waals surface area contributed by atoms with Gasteiger partial charge >= 0.3 is 0 Å². The van der Waals surface area contributed by atoms with Gasteiger partial charge in [0.15, 0.2) is 0 Å². The summed E-state index contributed by atoms with van der Waals surface area (Å²) in [7, 11) is -3.91. The second-order valence-corrected chi connectivity index (χ2v) is 10.6. The summed E-state index contributed by atoms with van der Waals surface area (Å²) in [6.45, 7) is 3.90. The third-order valence-electron chi connectivity index (χ3n) is 6.74. The molecule has 176 valence electrons. The third kappa shape index (κ3) is 4.82. The predicted molar refractivity (Wildman–Crippen MR) is 115 cm³/mol. The minimum Gasteiger partial charge on any atom is -0.378 e. The predicted octanol–water partition coefficient (Wildman–Crippen LogP) is 1.32. The fourth-order valence-corrected chi connectivity index (χ4v) is 6.32. The molecule has 0 spiro atoms. The molecule has 3 aliphatic rings. The maximum atomic E-state index is 14.0. The normalized spacial score (nSPS) is 22.2. The number of piperidine rings is 2. The summed E-state index contributed by atoms with van der Waals surface area (Å²) in [6, 6.07) is 5.36. The van der Waals surface area contributed by atoms with Crippen molar-refractivity contribution in [2.75, 3.05) is 52.5 Å². The number of carbonyl (C=O) groups excluding carboxylic acids is 2. The van der Waals surface area contributed by atoms with Gasteiger partial charge in [-0.2, -0.15) is 4.31 Å². The van der Waals surface area contributed by atoms with Crippen LogP contribution in [0.5, 0.6) is 0 Å². The topological polar surface area (TPSA) is 87.2 Å². The second-order valence-electron chi connectivity index (χ2n) is 8.65. The molecule has 8 nitrogen and oxygen atoms in total. The number of hydrogen-bond donors (Lipinski definition) is 0. The molecule has 1 aromatic carbocycles. The number of rotatable bonds is 4. The summed E-state index contributed by atoms with van der Waals surface area (Å²) in [5.74, 6) is -0.865. The van der Waals surface area contributed by atoms with Crippen LogP contribution in [0.1, 0.15) is 25.7 Å². The van der Waals surface area contributed by atoms with E-state index in [-0.39, 0.29) is 41.6 Å². The number of benzene rings is 1. The molecule has 0 aromatic heterocycles. The van der Waals surface area contributed by atoms with Crippen LogP contribution in [-0.4, -0.2) is 86.8 Å². The molecule has 2 amide bonds. The quantitative estimate of drug-likeness (QED) is 0.667. The molecule has 3 saturated heterocycles. The minimum absolute atomic E-state index is 0.0326. The number of hydrogen-bond acceptors (Lipinski definition) is 5. The lowest BCUT2D eigenvalue weighted by atomic mass is 9.92. The highest BCUT2D eigenvalue weighted by Crippen LogP contribution is 2.28. The molecule has 3 heterocycles. The van der Waals surface area contributed by atoms with E-state index in [1.54, 1.807) is 0 Å². The van der Waals surface area contributed by atoms with E-state index in [0.717, 1.165) is 6.07 Å². The molecule has 0 radical (unpaired) electrons. The fraction of sp³-hybridized carbons (Fsp3) is 0.636. The maximum absolute atomic E-state index is 14.0. The molecule has 0 bridgehead atoms. The number of ether oxygens (including phenoxy) is 1. The van der Waals surface area contributed by atoms with Crippen molar-refractivity contribution in [2.45, 2.75) is 30.6 Å². The van der Waals surface area contributed by atoms with Crippen molar-refractivity contribution in [1.82, 2.24) is 14.1 Å². The van der Waals surface area contributed by atoms with E-state index in [1.807, 2.05) is 9.80 Å². The lowest BCUT2D eigenvalue weighted by Gasteiger charge is -2.38. The van der Waals surface area contributed by atoms with E-state index in [1.165, 1.54) is 22.5 Å². The van der Waals surface area contributed by atoms with Crippen molar-refractivity contribution in [3.63, 3.8) is 0 Å². The Bertz CT molecular complexity index is 935. The number of likely N-dealkylation sites (tertiary alicyclic amines) is 1. The SMILES string of the molecule is O=C(C1CCN(C(=O)C2CCN(S(=O)(=O)c3ccccc3F)CC2)CC1)N1CCOCC1. The average Bonchev–Trinajstić information content (AvgIpc) is 2.84. The summed E-state index contributed by atoms with van der Waals surface area (Å²) in [4.78, 5) is 29.0. The molecule has 0 N–H and O–H groups in total. The van der Waals surface area contributed by atoms with Gasteiger partial charge in [-0.1, -0.05) is 12.1 Å². The first-order chi connectivity index (χ1) is 15.4. The molecule has 4 rings (SSSR count). The Morgan fingerprint density at radius 1 is 0.812 bits per heavy atom. The standard InChI is InChI=1S/C22H30FN3O5S/c23-19-3-1-2-4-20(19)32(29,30)26-11-7-18(8-12-26)21(27)24-9-5-17(6-10-24)22(28)25-13-15-31-16-14-25/h1-4,17-18H,5-16H2. The van der Waals surface area contributed by atoms with Crippen molar-refractivity contribution in [1.29, 1.82) is 0 Å². The van der Waals surface area contributed by atoms with Gasteiger partial charge < -0.3 is 14.5 Å². The van der Waals surface area contributed by atoms with Gasteiger partial charge in [0.05, 0.1) is 13.2 Å². The van der Waals surface area contributed by atoms with Crippen LogP contribution in [0.2, 0.25) is 0 Å². The average molecular weight is 468 g/mol. The van der Waals surface area contributed by atoms with Crippen molar-refractivity contribution in [3.8, 4) is 0 Å². The van der Waals surface area contributed by atoms with Crippen LogP contribution >= 0.6 is 0 Å². The van der Waals surface area contributed by atoms with Gasteiger partial charge in [0, 0.05) is 51.1 Å². The van der Waals surface area contributed by atoms with E-state index in [2.05, 4.69) is 0 Å². The molecule has 0 unspecified atom stereocenters. The summed E-state index contributed by atoms with van der Waals surface area (Å²) >= 11 is 0. The van der Waals surface area contributed by atoms with E-state index in [9.17, 15) is 22.4 Å². The van der Waals surface area contributed by atoms with Crippen molar-refractivity contribution < 1.29 is 27.1 Å². The van der Waals surface area contributed by atoms with Crippen LogP contribution in [0, 0.1) is 17.7 Å². The number of morpholine rings is 1. The van der Waals surface area contributed by atoms with Gasteiger partial charge in [-0.25, -0.2) is 12.8 Å². The zero-order chi connectivity index (χ0) is 22.7. The smallest absolute Gasteiger partial charge is 0.245 e. The summed E-state index contributed by atoms with van der Waals surface area (Å²) in [5, 5.41) is 0. The monoisotopic (exact) mass is 467 g/mol. The molecular weight excluding hydrogens is 437 g/mol. The molecular formula is C22H30FN3O5S. The van der Waals surface area contributed by atoms with Crippen LogP contribution in [0.25, 0.3) is 0 Å². The summed E-state index contributed by atoms with van der Waals surface area (Å²) in [5.41, 5.74) is 0. The van der Waals surface area contributed by atoms with Crippen LogP contribution in [0.4, 0.5) is 4.39 Å². The molecule has 10 heteroatoms. The molecule has 3 fully saturated rings. The van der Waals surface area contributed by atoms with Gasteiger partial charge in [0.1, 0.15) is 10.7 Å². The van der Waals surface area contributed by atoms with Crippen LogP contribution in [0.3, 0.4) is 0 Å². The van der Waals surface area contributed by atoms with Gasteiger partial charge in [-0.15, -0.1) is 0 Å². The Balaban J connectivity index is 1.28. The van der Waals surface area contributed by atoms with Gasteiger partial charge in [-0.3, -0.25) is 9.59 Å². The van der Waals surface area contributed by atoms with E-state index >= 15 is 0 Å².